The van der Waals surface area contributed by atoms with Gasteiger partial charge in [0.1, 0.15) is 0 Å². The number of benzene rings is 2. The van der Waals surface area contributed by atoms with Crippen LogP contribution in [0.2, 0.25) is 0 Å². The summed E-state index contributed by atoms with van der Waals surface area (Å²) in [5, 5.41) is 1.12. The summed E-state index contributed by atoms with van der Waals surface area (Å²) in [6.45, 7) is 2.37. The molecule has 1 saturated carbocycles. The first-order valence-corrected chi connectivity index (χ1v) is 11.4. The number of aryl methyl sites for hydroxylation is 1. The van der Waals surface area contributed by atoms with Crippen LogP contribution in [0.25, 0.3) is 10.9 Å². The lowest BCUT2D eigenvalue weighted by atomic mass is 9.90. The predicted molar refractivity (Wildman–Crippen MR) is 114 cm³/mol. The minimum atomic E-state index is -3.53. The van der Waals surface area contributed by atoms with Gasteiger partial charge >= 0.3 is 0 Å². The highest BCUT2D eigenvalue weighted by atomic mass is 32.2. The van der Waals surface area contributed by atoms with Gasteiger partial charge in [0.2, 0.25) is 0 Å². The van der Waals surface area contributed by atoms with E-state index in [1.54, 1.807) is 0 Å². The molecular weight excluding hydrogens is 370 g/mol. The van der Waals surface area contributed by atoms with Gasteiger partial charge in [0, 0.05) is 35.6 Å². The van der Waals surface area contributed by atoms with E-state index in [0.29, 0.717) is 6.54 Å². The van der Waals surface area contributed by atoms with Crippen LogP contribution in [0.5, 0.6) is 0 Å². The minimum Gasteiger partial charge on any atom is -0.361 e. The van der Waals surface area contributed by atoms with Crippen LogP contribution in [0.1, 0.15) is 48.3 Å². The second-order valence-electron chi connectivity index (χ2n) is 7.71. The Hall–Kier alpha value is -2.15. The minimum absolute atomic E-state index is 0.0583. The molecule has 1 aromatic heterocycles. The maximum Gasteiger partial charge on any atom is 0.277 e. The highest BCUT2D eigenvalue weighted by molar-refractivity contribution is 7.87. The summed E-state index contributed by atoms with van der Waals surface area (Å²) in [4.78, 5) is 3.32. The maximum absolute atomic E-state index is 12.6. The third-order valence-electron chi connectivity index (χ3n) is 5.60. The van der Waals surface area contributed by atoms with Gasteiger partial charge in [-0.3, -0.25) is 0 Å². The van der Waals surface area contributed by atoms with Gasteiger partial charge in [0.25, 0.3) is 10.2 Å². The average molecular weight is 398 g/mol. The number of rotatable bonds is 7. The van der Waals surface area contributed by atoms with E-state index in [1.165, 1.54) is 0 Å². The molecule has 5 nitrogen and oxygen atoms in total. The Morgan fingerprint density at radius 2 is 1.89 bits per heavy atom. The van der Waals surface area contributed by atoms with Crippen molar-refractivity contribution in [3.63, 3.8) is 0 Å². The zero-order valence-corrected chi connectivity index (χ0v) is 16.9. The van der Waals surface area contributed by atoms with E-state index in [9.17, 15) is 8.42 Å². The first-order valence-electron chi connectivity index (χ1n) is 9.91. The number of aromatic nitrogens is 1. The van der Waals surface area contributed by atoms with Crippen LogP contribution >= 0.6 is 0 Å². The van der Waals surface area contributed by atoms with Crippen molar-refractivity contribution in [2.24, 2.45) is 0 Å². The van der Waals surface area contributed by atoms with Crippen LogP contribution < -0.4 is 9.44 Å². The van der Waals surface area contributed by atoms with Crippen LogP contribution in [-0.4, -0.2) is 26.0 Å². The molecule has 1 unspecified atom stereocenters. The molecule has 0 radical (unpaired) electrons. The van der Waals surface area contributed by atoms with Crippen molar-refractivity contribution in [2.45, 2.75) is 44.6 Å². The summed E-state index contributed by atoms with van der Waals surface area (Å²) >= 11 is 0. The van der Waals surface area contributed by atoms with Gasteiger partial charge in [-0.25, -0.2) is 4.72 Å². The van der Waals surface area contributed by atoms with Crippen molar-refractivity contribution >= 4 is 21.1 Å². The zero-order chi connectivity index (χ0) is 19.6. The smallest absolute Gasteiger partial charge is 0.277 e. The van der Waals surface area contributed by atoms with Gasteiger partial charge in [-0.05, 0) is 37.0 Å². The van der Waals surface area contributed by atoms with Crippen LogP contribution in [0.15, 0.2) is 54.7 Å². The molecule has 0 spiro atoms. The Bertz CT molecular complexity index is 1050. The van der Waals surface area contributed by atoms with Gasteiger partial charge < -0.3 is 4.98 Å². The standard InChI is InChI=1S/C22H27N3O2S/c1-16-7-6-8-17(13-16)20(21-14-23-22-12-5-4-11-19(21)22)15-24-28(26,27)25-18-9-2-3-10-18/h4-8,11-14,18,20,23-25H,2-3,9-10,15H2,1H3. The fourth-order valence-corrected chi connectivity index (χ4v) is 5.32. The summed E-state index contributed by atoms with van der Waals surface area (Å²) in [7, 11) is -3.53. The molecule has 148 valence electrons. The summed E-state index contributed by atoms with van der Waals surface area (Å²) in [5.41, 5.74) is 4.43. The van der Waals surface area contributed by atoms with E-state index in [-0.39, 0.29) is 12.0 Å². The van der Waals surface area contributed by atoms with Crippen LogP contribution in [0.4, 0.5) is 0 Å². The lowest BCUT2D eigenvalue weighted by Gasteiger charge is -2.20. The Morgan fingerprint density at radius 3 is 2.68 bits per heavy atom. The molecule has 1 fully saturated rings. The van der Waals surface area contributed by atoms with Gasteiger partial charge in [-0.2, -0.15) is 13.1 Å². The third-order valence-corrected chi connectivity index (χ3v) is 6.79. The van der Waals surface area contributed by atoms with Crippen LogP contribution in [-0.2, 0) is 10.2 Å². The molecule has 0 amide bonds. The van der Waals surface area contributed by atoms with Gasteiger partial charge in [-0.1, -0.05) is 60.9 Å². The topological polar surface area (TPSA) is 74.0 Å². The number of hydrogen-bond acceptors (Lipinski definition) is 2. The molecule has 3 N–H and O–H groups in total. The van der Waals surface area contributed by atoms with E-state index in [0.717, 1.165) is 53.3 Å². The number of para-hydroxylation sites is 1. The molecule has 28 heavy (non-hydrogen) atoms. The Labute approximate surface area is 166 Å². The average Bonchev–Trinajstić information content (AvgIpc) is 3.32. The summed E-state index contributed by atoms with van der Waals surface area (Å²) in [6.07, 6.45) is 6.02. The highest BCUT2D eigenvalue weighted by Crippen LogP contribution is 2.31. The predicted octanol–water partition coefficient (Wildman–Crippen LogP) is 3.97. The number of aromatic amines is 1. The lowest BCUT2D eigenvalue weighted by Crippen LogP contribution is -2.43. The van der Waals surface area contributed by atoms with Crippen molar-refractivity contribution in [3.05, 3.63) is 71.4 Å². The first-order chi connectivity index (χ1) is 13.5. The summed E-state index contributed by atoms with van der Waals surface area (Å²) < 4.78 is 30.8. The summed E-state index contributed by atoms with van der Waals surface area (Å²) in [5.74, 6) is -0.0730. The molecule has 0 saturated heterocycles. The van der Waals surface area contributed by atoms with E-state index in [4.69, 9.17) is 0 Å². The first kappa shape index (κ1) is 19.2. The van der Waals surface area contributed by atoms with Crippen LogP contribution in [0.3, 0.4) is 0 Å². The van der Waals surface area contributed by atoms with Crippen molar-refractivity contribution in [1.29, 1.82) is 0 Å². The van der Waals surface area contributed by atoms with E-state index < -0.39 is 10.2 Å². The molecule has 6 heteroatoms. The molecule has 0 bridgehead atoms. The molecule has 4 rings (SSSR count). The number of fused-ring (bicyclic) bond motifs is 1. The van der Waals surface area contributed by atoms with E-state index in [1.807, 2.05) is 30.5 Å². The fourth-order valence-electron chi connectivity index (χ4n) is 4.17. The molecular formula is C22H27N3O2S. The number of hydrogen-bond donors (Lipinski definition) is 3. The van der Waals surface area contributed by atoms with Crippen molar-refractivity contribution in [1.82, 2.24) is 14.4 Å². The second kappa shape index (κ2) is 8.07. The molecule has 1 heterocycles. The zero-order valence-electron chi connectivity index (χ0n) is 16.1. The molecule has 1 aliphatic rings. The highest BCUT2D eigenvalue weighted by Gasteiger charge is 2.24. The number of H-pyrrole nitrogens is 1. The van der Waals surface area contributed by atoms with Crippen molar-refractivity contribution < 1.29 is 8.42 Å². The quantitative estimate of drug-likeness (QED) is 0.564. The Balaban J connectivity index is 1.62. The molecule has 0 aliphatic heterocycles. The van der Waals surface area contributed by atoms with E-state index in [2.05, 4.69) is 45.6 Å². The van der Waals surface area contributed by atoms with E-state index >= 15 is 0 Å². The summed E-state index contributed by atoms with van der Waals surface area (Å²) in [6, 6.07) is 16.5. The second-order valence-corrected chi connectivity index (χ2v) is 9.24. The van der Waals surface area contributed by atoms with Crippen molar-refractivity contribution in [2.75, 3.05) is 6.54 Å². The lowest BCUT2D eigenvalue weighted by molar-refractivity contribution is 0.536. The molecule has 3 aromatic rings. The molecule has 1 atom stereocenters. The Kier molecular flexibility index (Phi) is 5.53. The monoisotopic (exact) mass is 397 g/mol. The third kappa shape index (κ3) is 4.29. The van der Waals surface area contributed by atoms with Gasteiger partial charge in [0.05, 0.1) is 0 Å². The van der Waals surface area contributed by atoms with Gasteiger partial charge in [0.15, 0.2) is 0 Å². The SMILES string of the molecule is Cc1cccc(C(CNS(=O)(=O)NC2CCCC2)c2c[nH]c3ccccc23)c1. The van der Waals surface area contributed by atoms with Gasteiger partial charge in [-0.15, -0.1) is 0 Å². The maximum atomic E-state index is 12.6. The molecule has 1 aliphatic carbocycles. The fraction of sp³-hybridized carbons (Fsp3) is 0.364. The van der Waals surface area contributed by atoms with Crippen LogP contribution in [0, 0.1) is 6.92 Å². The molecule has 2 aromatic carbocycles. The number of nitrogens with one attached hydrogen (secondary N) is 3. The largest absolute Gasteiger partial charge is 0.361 e. The normalized spacial score (nSPS) is 16.6. The van der Waals surface area contributed by atoms with Crippen molar-refractivity contribution in [3.8, 4) is 0 Å². The Morgan fingerprint density at radius 1 is 1.11 bits per heavy atom.